The van der Waals surface area contributed by atoms with Gasteiger partial charge in [0.15, 0.2) is 0 Å². The van der Waals surface area contributed by atoms with Crippen LogP contribution in [-0.4, -0.2) is 71.8 Å². The number of nitrogens with one attached hydrogen (secondary N) is 3. The van der Waals surface area contributed by atoms with E-state index in [4.69, 9.17) is 4.74 Å². The maximum absolute atomic E-state index is 13.7. The van der Waals surface area contributed by atoms with Gasteiger partial charge in [-0.15, -0.1) is 0 Å². The highest BCUT2D eigenvalue weighted by Gasteiger charge is 2.61. The van der Waals surface area contributed by atoms with Gasteiger partial charge in [-0.2, -0.15) is 0 Å². The number of carbonyl (C=O) groups excluding carboxylic acids is 4. The Morgan fingerprint density at radius 3 is 2.45 bits per heavy atom. The van der Waals surface area contributed by atoms with Crippen molar-refractivity contribution in [1.29, 1.82) is 0 Å². The third kappa shape index (κ3) is 7.73. The molecule has 4 atom stereocenters. The van der Waals surface area contributed by atoms with E-state index in [1.54, 1.807) is 26.8 Å². The van der Waals surface area contributed by atoms with Gasteiger partial charge in [0.1, 0.15) is 23.2 Å². The molecule has 15 heteroatoms. The number of amides is 4. The van der Waals surface area contributed by atoms with Crippen molar-refractivity contribution in [3.8, 4) is 0 Å². The second-order valence-corrected chi connectivity index (χ2v) is 14.1. The van der Waals surface area contributed by atoms with E-state index in [9.17, 15) is 37.7 Å². The summed E-state index contributed by atoms with van der Waals surface area (Å²) < 4.78 is 33.4. The minimum Gasteiger partial charge on any atom is -0.444 e. The molecule has 0 spiro atoms. The summed E-state index contributed by atoms with van der Waals surface area (Å²) >= 11 is 0. The van der Waals surface area contributed by atoms with Crippen LogP contribution in [-0.2, 0) is 29.1 Å². The molecule has 0 aromatic heterocycles. The predicted molar refractivity (Wildman–Crippen MR) is 158 cm³/mol. The predicted octanol–water partition coefficient (Wildman–Crippen LogP) is 2.68. The number of nitro groups is 1. The van der Waals surface area contributed by atoms with E-state index in [0.29, 0.717) is 32.1 Å². The van der Waals surface area contributed by atoms with Crippen molar-refractivity contribution >= 4 is 39.5 Å². The van der Waals surface area contributed by atoms with Crippen LogP contribution in [0.5, 0.6) is 0 Å². The van der Waals surface area contributed by atoms with E-state index in [1.165, 1.54) is 4.90 Å². The van der Waals surface area contributed by atoms with Crippen LogP contribution in [0.2, 0.25) is 0 Å². The van der Waals surface area contributed by atoms with Gasteiger partial charge in [-0.3, -0.25) is 24.5 Å². The molecule has 1 aliphatic carbocycles. The molecule has 3 aliphatic rings. The molecule has 2 aliphatic heterocycles. The Bertz CT molecular complexity index is 1440. The molecule has 0 unspecified atom stereocenters. The monoisotopic (exact) mass is 633 g/mol. The van der Waals surface area contributed by atoms with Crippen LogP contribution in [0.25, 0.3) is 0 Å². The summed E-state index contributed by atoms with van der Waals surface area (Å²) in [6.45, 7) is 5.43. The molecule has 2 fully saturated rings. The molecule has 4 amide bonds. The Kier molecular flexibility index (Phi) is 9.66. The number of rotatable bonds is 5. The lowest BCUT2D eigenvalue weighted by atomic mass is 10.0. The topological polar surface area (TPSA) is 194 Å². The first-order valence-electron chi connectivity index (χ1n) is 14.7. The van der Waals surface area contributed by atoms with E-state index in [0.717, 1.165) is 37.1 Å². The molecule has 0 radical (unpaired) electrons. The molecule has 4 rings (SSSR count). The first kappa shape index (κ1) is 32.9. The Hall–Kier alpha value is -4.01. The summed E-state index contributed by atoms with van der Waals surface area (Å²) in [6, 6.07) is 2.25. The number of hydrogen-bond donors (Lipinski definition) is 3. The van der Waals surface area contributed by atoms with Crippen LogP contribution < -0.4 is 15.4 Å². The first-order valence-corrected chi connectivity index (χ1v) is 16.2. The van der Waals surface area contributed by atoms with Crippen molar-refractivity contribution in [1.82, 2.24) is 20.3 Å². The van der Waals surface area contributed by atoms with E-state index in [-0.39, 0.29) is 23.5 Å². The van der Waals surface area contributed by atoms with Gasteiger partial charge in [0, 0.05) is 24.6 Å². The van der Waals surface area contributed by atoms with E-state index in [2.05, 4.69) is 10.6 Å². The zero-order valence-corrected chi connectivity index (χ0v) is 25.9. The summed E-state index contributed by atoms with van der Waals surface area (Å²) in [5, 5.41) is 16.4. The Morgan fingerprint density at radius 2 is 1.80 bits per heavy atom. The van der Waals surface area contributed by atoms with Crippen molar-refractivity contribution in [3.05, 3.63) is 46.5 Å². The lowest BCUT2D eigenvalue weighted by molar-refractivity contribution is -0.384. The Balaban J connectivity index is 1.56. The van der Waals surface area contributed by atoms with Gasteiger partial charge in [0.25, 0.3) is 21.6 Å². The molecule has 2 heterocycles. The van der Waals surface area contributed by atoms with E-state index >= 15 is 0 Å². The van der Waals surface area contributed by atoms with E-state index < -0.39 is 67.9 Å². The minimum absolute atomic E-state index is 0.153. The lowest BCUT2D eigenvalue weighted by Gasteiger charge is -2.30. The molecule has 240 valence electrons. The molecular formula is C29H39N5O9S. The number of nitrogens with zero attached hydrogens (tertiary/aromatic N) is 2. The molecule has 1 aromatic carbocycles. The number of non-ortho nitro benzene ring substituents is 1. The second-order valence-electron chi connectivity index (χ2n) is 12.4. The van der Waals surface area contributed by atoms with Crippen LogP contribution >= 0.6 is 0 Å². The molecule has 0 bridgehead atoms. The quantitative estimate of drug-likeness (QED) is 0.248. The summed E-state index contributed by atoms with van der Waals surface area (Å²) in [5.74, 6) is -2.44. The SMILES string of the molecule is CC(C)(C)OC(=O)N[C@H]1CCCCC/C=C\[C@H]2C[C@@]2(C(=O)NS(=O)(=O)c2ccc([N+](=O)[O-])cc2)NC(=O)[C@@H]2CCCN2C1=O. The van der Waals surface area contributed by atoms with Gasteiger partial charge in [-0.05, 0) is 71.4 Å². The number of ether oxygens (including phenoxy) is 1. The van der Waals surface area contributed by atoms with Crippen molar-refractivity contribution in [2.75, 3.05) is 6.54 Å². The van der Waals surface area contributed by atoms with Crippen molar-refractivity contribution in [2.24, 2.45) is 5.92 Å². The average Bonchev–Trinajstić information content (AvgIpc) is 3.40. The fourth-order valence-corrected chi connectivity index (χ4v) is 6.60. The molecule has 14 nitrogen and oxygen atoms in total. The smallest absolute Gasteiger partial charge is 0.408 e. The maximum Gasteiger partial charge on any atom is 0.408 e. The molecule has 1 saturated heterocycles. The highest BCUT2D eigenvalue weighted by atomic mass is 32.2. The zero-order valence-electron chi connectivity index (χ0n) is 25.0. The molecule has 44 heavy (non-hydrogen) atoms. The zero-order chi connectivity index (χ0) is 32.3. The fourth-order valence-electron chi connectivity index (χ4n) is 5.56. The number of nitro benzene ring substituents is 1. The summed E-state index contributed by atoms with van der Waals surface area (Å²) in [4.78, 5) is 64.8. The van der Waals surface area contributed by atoms with Crippen molar-refractivity contribution in [2.45, 2.75) is 100 Å². The van der Waals surface area contributed by atoms with Crippen molar-refractivity contribution < 1.29 is 37.3 Å². The van der Waals surface area contributed by atoms with Crippen molar-refractivity contribution in [3.63, 3.8) is 0 Å². The van der Waals surface area contributed by atoms with Gasteiger partial charge in [0.2, 0.25) is 11.8 Å². The molecule has 3 N–H and O–H groups in total. The number of hydrogen-bond acceptors (Lipinski definition) is 9. The van der Waals surface area contributed by atoms with Gasteiger partial charge >= 0.3 is 6.09 Å². The summed E-state index contributed by atoms with van der Waals surface area (Å²) in [6.07, 6.45) is 7.19. The normalized spacial score (nSPS) is 27.0. The van der Waals surface area contributed by atoms with Gasteiger partial charge < -0.3 is 20.3 Å². The Morgan fingerprint density at radius 1 is 1.09 bits per heavy atom. The summed E-state index contributed by atoms with van der Waals surface area (Å²) in [5.41, 5.74) is -2.64. The number of fused-ring (bicyclic) bond motifs is 2. The molecular weight excluding hydrogens is 594 g/mol. The number of sulfonamides is 1. The standard InChI is InChI=1S/C29H39N5O9S/c1-28(2,3)43-27(38)30-22-11-8-6-4-5-7-10-19-18-29(19,31-24(35)23-12-9-17-33(23)25(22)36)26(37)32-44(41,42)21-15-13-20(14-16-21)34(39)40/h7,10,13-16,19,22-23H,4-6,8-9,11-12,17-18H2,1-3H3,(H,30,38)(H,31,35)(H,32,37)/b10-7-/t19-,22-,23-,29+/m0/s1. The maximum atomic E-state index is 13.7. The minimum atomic E-state index is -4.42. The lowest BCUT2D eigenvalue weighted by Crippen LogP contribution is -2.58. The average molecular weight is 634 g/mol. The highest BCUT2D eigenvalue weighted by molar-refractivity contribution is 7.90. The number of carbonyl (C=O) groups is 4. The Labute approximate surface area is 256 Å². The van der Waals surface area contributed by atoms with Gasteiger partial charge in [-0.25, -0.2) is 17.9 Å². The number of allylic oxidation sites excluding steroid dienone is 1. The van der Waals surface area contributed by atoms with Gasteiger partial charge in [0.05, 0.1) is 9.82 Å². The second kappa shape index (κ2) is 12.9. The third-order valence-corrected chi connectivity index (χ3v) is 9.26. The van der Waals surface area contributed by atoms with Crippen LogP contribution in [0.15, 0.2) is 41.3 Å². The van der Waals surface area contributed by atoms with Gasteiger partial charge in [-0.1, -0.05) is 25.0 Å². The number of benzene rings is 1. The largest absolute Gasteiger partial charge is 0.444 e. The summed E-state index contributed by atoms with van der Waals surface area (Å²) in [7, 11) is -4.42. The van der Waals surface area contributed by atoms with Crippen LogP contribution in [0.3, 0.4) is 0 Å². The molecule has 1 aromatic rings. The third-order valence-electron chi connectivity index (χ3n) is 7.91. The highest BCUT2D eigenvalue weighted by Crippen LogP contribution is 2.45. The van der Waals surface area contributed by atoms with Crippen LogP contribution in [0, 0.1) is 16.0 Å². The molecule has 1 saturated carbocycles. The van der Waals surface area contributed by atoms with Crippen LogP contribution in [0.4, 0.5) is 10.5 Å². The first-order chi connectivity index (χ1) is 20.6. The van der Waals surface area contributed by atoms with Crippen LogP contribution in [0.1, 0.15) is 72.1 Å². The fraction of sp³-hybridized carbons (Fsp3) is 0.586. The number of alkyl carbamates (subject to hydrolysis) is 1. The van der Waals surface area contributed by atoms with E-state index in [1.807, 2.05) is 10.8 Å².